The number of hydrogen-bond donors (Lipinski definition) is 2. The highest BCUT2D eigenvalue weighted by atomic mass is 35.5. The van der Waals surface area contributed by atoms with E-state index >= 15 is 0 Å². The van der Waals surface area contributed by atoms with Gasteiger partial charge in [-0.3, -0.25) is 0 Å². The van der Waals surface area contributed by atoms with Gasteiger partial charge in [-0.15, -0.1) is 0 Å². The van der Waals surface area contributed by atoms with Crippen molar-refractivity contribution >= 4 is 28.3 Å². The number of aryl methyl sites for hydroxylation is 1. The SMILES string of the molecule is CCc1c(C2(N)CCN(c3ncc(C(F)(F)F)cc3Cl)CC2)[nH]c2ccccc12. The number of hydrogen-bond acceptors (Lipinski definition) is 3. The van der Waals surface area contributed by atoms with Gasteiger partial charge in [0, 0.05) is 35.9 Å². The number of H-pyrrole nitrogens is 1. The Hall–Kier alpha value is -2.25. The number of nitrogens with two attached hydrogens (primary N) is 1. The predicted octanol–water partition coefficient (Wildman–Crippen LogP) is 5.25. The zero-order valence-corrected chi connectivity index (χ0v) is 16.7. The molecule has 0 spiro atoms. The lowest BCUT2D eigenvalue weighted by molar-refractivity contribution is -0.137. The summed E-state index contributed by atoms with van der Waals surface area (Å²) in [6.07, 6.45) is -1.47. The predicted molar refractivity (Wildman–Crippen MR) is 109 cm³/mol. The molecule has 3 N–H and O–H groups in total. The molecule has 1 aromatic carbocycles. The minimum atomic E-state index is -4.46. The van der Waals surface area contributed by atoms with Gasteiger partial charge in [-0.1, -0.05) is 36.7 Å². The Morgan fingerprint density at radius 2 is 1.93 bits per heavy atom. The van der Waals surface area contributed by atoms with Crippen LogP contribution in [0, 0.1) is 0 Å². The summed E-state index contributed by atoms with van der Waals surface area (Å²) < 4.78 is 38.6. The van der Waals surface area contributed by atoms with Gasteiger partial charge < -0.3 is 15.6 Å². The summed E-state index contributed by atoms with van der Waals surface area (Å²) >= 11 is 6.12. The number of halogens is 4. The fraction of sp³-hybridized carbons (Fsp3) is 0.381. The molecule has 2 aromatic heterocycles. The summed E-state index contributed by atoms with van der Waals surface area (Å²) in [4.78, 5) is 9.39. The Bertz CT molecular complexity index is 1040. The number of pyridine rings is 1. The van der Waals surface area contributed by atoms with Gasteiger partial charge in [-0.05, 0) is 37.0 Å². The largest absolute Gasteiger partial charge is 0.417 e. The Labute approximate surface area is 171 Å². The van der Waals surface area contributed by atoms with Crippen molar-refractivity contribution in [3.05, 3.63) is 58.4 Å². The first-order chi connectivity index (χ1) is 13.7. The van der Waals surface area contributed by atoms with Gasteiger partial charge in [0.25, 0.3) is 0 Å². The third-order valence-corrected chi connectivity index (χ3v) is 6.05. The topological polar surface area (TPSA) is 57.9 Å². The monoisotopic (exact) mass is 422 g/mol. The lowest BCUT2D eigenvalue weighted by atomic mass is 9.83. The minimum Gasteiger partial charge on any atom is -0.357 e. The van der Waals surface area contributed by atoms with Gasteiger partial charge in [0.1, 0.15) is 5.82 Å². The lowest BCUT2D eigenvalue weighted by Crippen LogP contribution is -2.49. The number of benzene rings is 1. The Morgan fingerprint density at radius 3 is 2.55 bits per heavy atom. The molecule has 8 heteroatoms. The van der Waals surface area contributed by atoms with Gasteiger partial charge in [0.05, 0.1) is 16.1 Å². The van der Waals surface area contributed by atoms with Crippen molar-refractivity contribution in [1.82, 2.24) is 9.97 Å². The van der Waals surface area contributed by atoms with E-state index in [1.807, 2.05) is 23.1 Å². The third-order valence-electron chi connectivity index (χ3n) is 5.77. The molecule has 3 heterocycles. The molecule has 154 valence electrons. The summed E-state index contributed by atoms with van der Waals surface area (Å²) in [6, 6.07) is 9.08. The molecular formula is C21H22ClF3N4. The molecule has 4 rings (SSSR count). The van der Waals surface area contributed by atoms with E-state index in [4.69, 9.17) is 17.3 Å². The summed E-state index contributed by atoms with van der Waals surface area (Å²) in [5.41, 5.74) is 8.79. The molecule has 1 saturated heterocycles. The normalized spacial score (nSPS) is 17.1. The summed E-state index contributed by atoms with van der Waals surface area (Å²) in [6.45, 7) is 3.24. The second kappa shape index (κ2) is 7.22. The van der Waals surface area contributed by atoms with Gasteiger partial charge in [-0.25, -0.2) is 4.98 Å². The van der Waals surface area contributed by atoms with Crippen molar-refractivity contribution in [1.29, 1.82) is 0 Å². The van der Waals surface area contributed by atoms with Gasteiger partial charge in [0.15, 0.2) is 0 Å². The van der Waals surface area contributed by atoms with Gasteiger partial charge in [0.2, 0.25) is 0 Å². The maximum Gasteiger partial charge on any atom is 0.417 e. The number of anilines is 1. The third kappa shape index (κ3) is 3.57. The van der Waals surface area contributed by atoms with Crippen LogP contribution in [-0.2, 0) is 18.1 Å². The first-order valence-corrected chi connectivity index (χ1v) is 9.97. The number of fused-ring (bicyclic) bond motifs is 1. The molecule has 0 atom stereocenters. The number of rotatable bonds is 3. The number of para-hydroxylation sites is 1. The minimum absolute atomic E-state index is 0.00389. The van der Waals surface area contributed by atoms with Crippen molar-refractivity contribution in [3.63, 3.8) is 0 Å². The number of aromatic nitrogens is 2. The fourth-order valence-electron chi connectivity index (χ4n) is 4.18. The van der Waals surface area contributed by atoms with Gasteiger partial charge >= 0.3 is 6.18 Å². The zero-order chi connectivity index (χ0) is 20.8. The molecule has 4 nitrogen and oxygen atoms in total. The highest BCUT2D eigenvalue weighted by Gasteiger charge is 2.37. The van der Waals surface area contributed by atoms with Crippen molar-refractivity contribution in [3.8, 4) is 0 Å². The van der Waals surface area contributed by atoms with Crippen LogP contribution in [0.25, 0.3) is 10.9 Å². The maximum atomic E-state index is 12.9. The number of piperidine rings is 1. The van der Waals surface area contributed by atoms with Crippen molar-refractivity contribution in [2.45, 2.75) is 37.9 Å². The van der Waals surface area contributed by atoms with Crippen LogP contribution in [0.15, 0.2) is 36.5 Å². The van der Waals surface area contributed by atoms with Crippen molar-refractivity contribution < 1.29 is 13.2 Å². The molecule has 29 heavy (non-hydrogen) atoms. The highest BCUT2D eigenvalue weighted by Crippen LogP contribution is 2.39. The van der Waals surface area contributed by atoms with Crippen LogP contribution in [0.5, 0.6) is 0 Å². The molecule has 0 saturated carbocycles. The first kappa shape index (κ1) is 20.0. The average molecular weight is 423 g/mol. The number of alkyl halides is 3. The second-order valence-electron chi connectivity index (χ2n) is 7.55. The van der Waals surface area contributed by atoms with Crippen LogP contribution in [0.1, 0.15) is 36.6 Å². The molecule has 0 unspecified atom stereocenters. The van der Waals surface area contributed by atoms with Crippen LogP contribution >= 0.6 is 11.6 Å². The van der Waals surface area contributed by atoms with Crippen LogP contribution in [-0.4, -0.2) is 23.1 Å². The van der Waals surface area contributed by atoms with Crippen LogP contribution in [0.2, 0.25) is 5.02 Å². The van der Waals surface area contributed by atoms with Crippen LogP contribution in [0.3, 0.4) is 0 Å². The van der Waals surface area contributed by atoms with Crippen LogP contribution in [0.4, 0.5) is 19.0 Å². The van der Waals surface area contributed by atoms with Crippen molar-refractivity contribution in [2.75, 3.05) is 18.0 Å². The Kier molecular flexibility index (Phi) is 4.99. The quantitative estimate of drug-likeness (QED) is 0.606. The number of nitrogens with one attached hydrogen (secondary N) is 1. The average Bonchev–Trinajstić information content (AvgIpc) is 3.08. The van der Waals surface area contributed by atoms with E-state index in [9.17, 15) is 13.2 Å². The van der Waals surface area contributed by atoms with E-state index < -0.39 is 17.3 Å². The molecule has 3 aromatic rings. The standard InChI is InChI=1S/C21H22ClF3N4/c1-2-14-15-5-3-4-6-17(15)28-18(14)20(26)7-9-29(10-8-20)19-16(22)11-13(12-27-19)21(23,24)25/h3-6,11-12,28H,2,7-10,26H2,1H3. The van der Waals surface area contributed by atoms with Gasteiger partial charge in [-0.2, -0.15) is 13.2 Å². The van der Waals surface area contributed by atoms with E-state index in [0.29, 0.717) is 31.7 Å². The molecule has 0 bridgehead atoms. The van der Waals surface area contributed by atoms with E-state index in [0.717, 1.165) is 29.9 Å². The first-order valence-electron chi connectivity index (χ1n) is 9.59. The van der Waals surface area contributed by atoms with Crippen molar-refractivity contribution in [2.24, 2.45) is 5.73 Å². The smallest absolute Gasteiger partial charge is 0.357 e. The Morgan fingerprint density at radius 1 is 1.24 bits per heavy atom. The molecule has 1 aliphatic heterocycles. The maximum absolute atomic E-state index is 12.9. The lowest BCUT2D eigenvalue weighted by Gasteiger charge is -2.40. The zero-order valence-electron chi connectivity index (χ0n) is 16.0. The molecule has 1 fully saturated rings. The molecular weight excluding hydrogens is 401 g/mol. The summed E-state index contributed by atoms with van der Waals surface area (Å²) in [5.74, 6) is 0.370. The number of aromatic amines is 1. The fourth-order valence-corrected chi connectivity index (χ4v) is 4.46. The van der Waals surface area contributed by atoms with E-state index in [1.54, 1.807) is 0 Å². The Balaban J connectivity index is 1.58. The number of nitrogens with zero attached hydrogens (tertiary/aromatic N) is 2. The molecule has 0 radical (unpaired) electrons. The molecule has 1 aliphatic rings. The van der Waals surface area contributed by atoms with E-state index in [1.165, 1.54) is 10.9 Å². The van der Waals surface area contributed by atoms with E-state index in [2.05, 4.69) is 23.0 Å². The molecule has 0 amide bonds. The molecule has 0 aliphatic carbocycles. The second-order valence-corrected chi connectivity index (χ2v) is 7.96. The highest BCUT2D eigenvalue weighted by molar-refractivity contribution is 6.33. The summed E-state index contributed by atoms with van der Waals surface area (Å²) in [5, 5.41) is 1.19. The summed E-state index contributed by atoms with van der Waals surface area (Å²) in [7, 11) is 0. The van der Waals surface area contributed by atoms with E-state index in [-0.39, 0.29) is 5.02 Å². The van der Waals surface area contributed by atoms with Crippen LogP contribution < -0.4 is 10.6 Å².